The van der Waals surface area contributed by atoms with Crippen LogP contribution in [0.25, 0.3) is 0 Å². The number of hydrogen-bond acceptors (Lipinski definition) is 2. The first-order valence-electron chi connectivity index (χ1n) is 3.71. The summed E-state index contributed by atoms with van der Waals surface area (Å²) in [6.45, 7) is 2.24. The molecule has 0 amide bonds. The lowest BCUT2D eigenvalue weighted by Gasteiger charge is -2.29. The Morgan fingerprint density at radius 2 is 1.78 bits per heavy atom. The molecule has 4 N–H and O–H groups in total. The molecule has 9 heavy (non-hydrogen) atoms. The predicted octanol–water partition coefficient (Wildman–Crippen LogP) is 0.461. The summed E-state index contributed by atoms with van der Waals surface area (Å²) in [4.78, 5) is 0. The van der Waals surface area contributed by atoms with Gasteiger partial charge in [-0.15, -0.1) is 0 Å². The minimum atomic E-state index is 0.258. The van der Waals surface area contributed by atoms with Crippen LogP contribution in [0.4, 0.5) is 0 Å². The molecule has 0 aromatic heterocycles. The Bertz CT molecular complexity index is 92.9. The van der Waals surface area contributed by atoms with Crippen LogP contribution < -0.4 is 11.5 Å². The van der Waals surface area contributed by atoms with Gasteiger partial charge in [-0.25, -0.2) is 0 Å². The van der Waals surface area contributed by atoms with Crippen molar-refractivity contribution in [1.29, 1.82) is 0 Å². The molecule has 0 aromatic rings. The van der Waals surface area contributed by atoms with Gasteiger partial charge < -0.3 is 11.5 Å². The van der Waals surface area contributed by atoms with Crippen molar-refractivity contribution in [1.82, 2.24) is 0 Å². The molecule has 54 valence electrons. The highest BCUT2D eigenvalue weighted by Gasteiger charge is 2.21. The highest BCUT2D eigenvalue weighted by Crippen LogP contribution is 2.21. The lowest BCUT2D eigenvalue weighted by Crippen LogP contribution is -2.45. The minimum Gasteiger partial charge on any atom is -0.326 e. The van der Waals surface area contributed by atoms with Crippen molar-refractivity contribution in [3.05, 3.63) is 0 Å². The van der Waals surface area contributed by atoms with Gasteiger partial charge in [-0.2, -0.15) is 0 Å². The van der Waals surface area contributed by atoms with E-state index in [0.717, 1.165) is 18.8 Å². The number of hydrogen-bond donors (Lipinski definition) is 2. The van der Waals surface area contributed by atoms with E-state index >= 15 is 0 Å². The Kier molecular flexibility index (Phi) is 2.09. The van der Waals surface area contributed by atoms with Crippen molar-refractivity contribution in [3.63, 3.8) is 0 Å². The molecule has 0 saturated heterocycles. The molecule has 0 heterocycles. The van der Waals surface area contributed by atoms with Gasteiger partial charge in [0.15, 0.2) is 0 Å². The van der Waals surface area contributed by atoms with E-state index in [0.29, 0.717) is 0 Å². The molecule has 3 atom stereocenters. The van der Waals surface area contributed by atoms with Crippen LogP contribution in [0.3, 0.4) is 0 Å². The summed E-state index contributed by atoms with van der Waals surface area (Å²) in [5.41, 5.74) is 11.5. The van der Waals surface area contributed by atoms with E-state index in [1.54, 1.807) is 0 Å². The van der Waals surface area contributed by atoms with E-state index in [1.165, 1.54) is 6.42 Å². The standard InChI is InChI=1S/C7H16N2/c1-5-2-3-6(8)7(9)4-5/h5-7H,2-4,8-9H2,1H3/t5-,6-,7-/m1/s1. The van der Waals surface area contributed by atoms with Gasteiger partial charge >= 0.3 is 0 Å². The highest BCUT2D eigenvalue weighted by atomic mass is 14.8. The van der Waals surface area contributed by atoms with Crippen molar-refractivity contribution in [2.24, 2.45) is 17.4 Å². The molecular weight excluding hydrogens is 112 g/mol. The number of nitrogens with two attached hydrogens (primary N) is 2. The molecule has 0 bridgehead atoms. The molecule has 1 aliphatic carbocycles. The zero-order valence-corrected chi connectivity index (χ0v) is 6.01. The monoisotopic (exact) mass is 128 g/mol. The third-order valence-corrected chi connectivity index (χ3v) is 2.22. The van der Waals surface area contributed by atoms with E-state index in [4.69, 9.17) is 11.5 Å². The molecule has 0 aromatic carbocycles. The van der Waals surface area contributed by atoms with Crippen LogP contribution in [0.2, 0.25) is 0 Å². The molecular formula is C7H16N2. The minimum absolute atomic E-state index is 0.258. The zero-order chi connectivity index (χ0) is 6.85. The predicted molar refractivity (Wildman–Crippen MR) is 39.0 cm³/mol. The summed E-state index contributed by atoms with van der Waals surface area (Å²) >= 11 is 0. The topological polar surface area (TPSA) is 52.0 Å². The fourth-order valence-electron chi connectivity index (χ4n) is 1.45. The van der Waals surface area contributed by atoms with Crippen LogP contribution in [0.5, 0.6) is 0 Å². The molecule has 2 heteroatoms. The summed E-state index contributed by atoms with van der Waals surface area (Å²) in [5, 5.41) is 0. The van der Waals surface area contributed by atoms with E-state index in [2.05, 4.69) is 6.92 Å². The second-order valence-corrected chi connectivity index (χ2v) is 3.25. The molecule has 0 unspecified atom stereocenters. The van der Waals surface area contributed by atoms with Crippen LogP contribution in [-0.4, -0.2) is 12.1 Å². The lowest BCUT2D eigenvalue weighted by molar-refractivity contribution is 0.307. The molecule has 0 aliphatic heterocycles. The van der Waals surface area contributed by atoms with Crippen molar-refractivity contribution in [2.75, 3.05) is 0 Å². The average Bonchev–Trinajstić information content (AvgIpc) is 1.80. The Morgan fingerprint density at radius 1 is 1.11 bits per heavy atom. The van der Waals surface area contributed by atoms with Gasteiger partial charge in [0.2, 0.25) is 0 Å². The summed E-state index contributed by atoms with van der Waals surface area (Å²) in [5.74, 6) is 0.791. The highest BCUT2D eigenvalue weighted by molar-refractivity contribution is 4.83. The lowest BCUT2D eigenvalue weighted by atomic mass is 9.84. The summed E-state index contributed by atoms with van der Waals surface area (Å²) < 4.78 is 0. The van der Waals surface area contributed by atoms with Crippen molar-refractivity contribution < 1.29 is 0 Å². The van der Waals surface area contributed by atoms with Crippen LogP contribution in [0.1, 0.15) is 26.2 Å². The zero-order valence-electron chi connectivity index (χ0n) is 6.01. The SMILES string of the molecule is C[C@@H]1CC[C@@H](N)[C@H](N)C1. The molecule has 1 fully saturated rings. The van der Waals surface area contributed by atoms with E-state index in [9.17, 15) is 0 Å². The fourth-order valence-corrected chi connectivity index (χ4v) is 1.45. The Hall–Kier alpha value is -0.0800. The van der Waals surface area contributed by atoms with Crippen molar-refractivity contribution >= 4 is 0 Å². The maximum Gasteiger partial charge on any atom is 0.0194 e. The second kappa shape index (κ2) is 2.67. The van der Waals surface area contributed by atoms with Crippen LogP contribution >= 0.6 is 0 Å². The molecule has 1 saturated carbocycles. The normalized spacial score (nSPS) is 45.0. The van der Waals surface area contributed by atoms with E-state index < -0.39 is 0 Å². The first kappa shape index (κ1) is 7.03. The Balaban J connectivity index is 2.35. The van der Waals surface area contributed by atoms with Gasteiger partial charge in [-0.3, -0.25) is 0 Å². The summed E-state index contributed by atoms with van der Waals surface area (Å²) in [7, 11) is 0. The maximum atomic E-state index is 5.74. The van der Waals surface area contributed by atoms with E-state index in [1.807, 2.05) is 0 Å². The van der Waals surface area contributed by atoms with Gasteiger partial charge in [0.05, 0.1) is 0 Å². The molecule has 2 nitrogen and oxygen atoms in total. The Labute approximate surface area is 56.6 Å². The summed E-state index contributed by atoms with van der Waals surface area (Å²) in [6.07, 6.45) is 3.48. The van der Waals surface area contributed by atoms with Gasteiger partial charge in [0.1, 0.15) is 0 Å². The fraction of sp³-hybridized carbons (Fsp3) is 1.00. The first-order chi connectivity index (χ1) is 4.20. The van der Waals surface area contributed by atoms with Crippen LogP contribution in [0.15, 0.2) is 0 Å². The first-order valence-corrected chi connectivity index (χ1v) is 3.71. The molecule has 0 spiro atoms. The Morgan fingerprint density at radius 3 is 2.22 bits per heavy atom. The van der Waals surface area contributed by atoms with Gasteiger partial charge in [-0.05, 0) is 25.2 Å². The third-order valence-electron chi connectivity index (χ3n) is 2.22. The average molecular weight is 128 g/mol. The number of rotatable bonds is 0. The molecule has 0 radical (unpaired) electrons. The largest absolute Gasteiger partial charge is 0.326 e. The van der Waals surface area contributed by atoms with Crippen molar-refractivity contribution in [2.45, 2.75) is 38.3 Å². The second-order valence-electron chi connectivity index (χ2n) is 3.25. The molecule has 1 rings (SSSR count). The van der Waals surface area contributed by atoms with Gasteiger partial charge in [0.25, 0.3) is 0 Å². The van der Waals surface area contributed by atoms with Crippen LogP contribution in [0, 0.1) is 5.92 Å². The van der Waals surface area contributed by atoms with Gasteiger partial charge in [-0.1, -0.05) is 6.92 Å². The van der Waals surface area contributed by atoms with E-state index in [-0.39, 0.29) is 12.1 Å². The van der Waals surface area contributed by atoms with Crippen molar-refractivity contribution in [3.8, 4) is 0 Å². The summed E-state index contributed by atoms with van der Waals surface area (Å²) in [6, 6.07) is 0.523. The quantitative estimate of drug-likeness (QED) is 0.498. The molecule has 1 aliphatic rings. The van der Waals surface area contributed by atoms with Gasteiger partial charge in [0, 0.05) is 12.1 Å². The third kappa shape index (κ3) is 1.66. The smallest absolute Gasteiger partial charge is 0.0194 e. The maximum absolute atomic E-state index is 5.74. The van der Waals surface area contributed by atoms with Crippen LogP contribution in [-0.2, 0) is 0 Å².